The highest BCUT2D eigenvalue weighted by Crippen LogP contribution is 2.32. The molecule has 3 heterocycles. The average Bonchev–Trinajstić information content (AvgIpc) is 3.27. The lowest BCUT2D eigenvalue weighted by Gasteiger charge is -2.09. The first-order chi connectivity index (χ1) is 12.5. The van der Waals surface area contributed by atoms with Gasteiger partial charge in [0.05, 0.1) is 22.7 Å². The molecule has 2 aromatic heterocycles. The van der Waals surface area contributed by atoms with E-state index in [1.54, 1.807) is 10.1 Å². The van der Waals surface area contributed by atoms with Crippen LogP contribution in [-0.2, 0) is 11.8 Å². The second-order valence-electron chi connectivity index (χ2n) is 5.74. The van der Waals surface area contributed by atoms with Crippen molar-refractivity contribution in [2.45, 2.75) is 6.92 Å². The highest BCUT2D eigenvalue weighted by Gasteiger charge is 2.31. The van der Waals surface area contributed by atoms with Crippen molar-refractivity contribution in [2.75, 3.05) is 10.7 Å². The predicted octanol–water partition coefficient (Wildman–Crippen LogP) is 2.97. The van der Waals surface area contributed by atoms with Gasteiger partial charge in [-0.25, -0.2) is 14.6 Å². The number of carbonyl (C=O) groups is 1. The molecule has 132 valence electrons. The van der Waals surface area contributed by atoms with Crippen LogP contribution < -0.4 is 10.5 Å². The van der Waals surface area contributed by atoms with Crippen LogP contribution in [0.5, 0.6) is 0 Å². The van der Waals surface area contributed by atoms with E-state index < -0.39 is 0 Å². The Balaban J connectivity index is 1.82. The molecular weight excluding hydrogens is 388 g/mol. The lowest BCUT2D eigenvalue weighted by Crippen LogP contribution is -2.27. The summed E-state index contributed by atoms with van der Waals surface area (Å²) in [6.07, 6.45) is 0. The van der Waals surface area contributed by atoms with Gasteiger partial charge in [-0.1, -0.05) is 42.2 Å². The van der Waals surface area contributed by atoms with E-state index in [9.17, 15) is 9.59 Å². The summed E-state index contributed by atoms with van der Waals surface area (Å²) in [5.74, 6) is 0.256. The first-order valence-corrected chi connectivity index (χ1v) is 10.1. The minimum Gasteiger partial charge on any atom is -0.285 e. The molecule has 0 spiro atoms. The third-order valence-corrected chi connectivity index (χ3v) is 6.43. The summed E-state index contributed by atoms with van der Waals surface area (Å²) in [6.45, 7) is 1.89. The Bertz CT molecular complexity index is 1070. The Morgan fingerprint density at radius 3 is 2.58 bits per heavy atom. The van der Waals surface area contributed by atoms with Crippen LogP contribution in [0.25, 0.3) is 16.9 Å². The van der Waals surface area contributed by atoms with Crippen molar-refractivity contribution >= 4 is 50.7 Å². The van der Waals surface area contributed by atoms with Crippen molar-refractivity contribution in [1.29, 1.82) is 0 Å². The zero-order valence-electron chi connectivity index (χ0n) is 14.0. The normalized spacial score (nSPS) is 14.5. The molecular formula is C17H14N4O2S3. The van der Waals surface area contributed by atoms with Crippen LogP contribution in [0.4, 0.5) is 5.13 Å². The van der Waals surface area contributed by atoms with Gasteiger partial charge in [0.1, 0.15) is 4.32 Å². The number of thiocarbonyl (C=S) groups is 1. The largest absolute Gasteiger partial charge is 0.285 e. The number of benzene rings is 1. The van der Waals surface area contributed by atoms with Gasteiger partial charge in [0.25, 0.3) is 5.56 Å². The minimum absolute atomic E-state index is 0.0765. The van der Waals surface area contributed by atoms with Gasteiger partial charge in [0.15, 0.2) is 5.13 Å². The van der Waals surface area contributed by atoms with E-state index in [-0.39, 0.29) is 11.5 Å². The fourth-order valence-electron chi connectivity index (χ4n) is 2.88. The van der Waals surface area contributed by atoms with Crippen molar-refractivity contribution < 1.29 is 4.79 Å². The summed E-state index contributed by atoms with van der Waals surface area (Å²) in [5.41, 5.74) is 2.55. The van der Waals surface area contributed by atoms with E-state index >= 15 is 0 Å². The van der Waals surface area contributed by atoms with Gasteiger partial charge in [0.2, 0.25) is 5.91 Å². The third kappa shape index (κ3) is 2.63. The predicted molar refractivity (Wildman–Crippen MR) is 109 cm³/mol. The summed E-state index contributed by atoms with van der Waals surface area (Å²) in [5, 5.41) is 2.31. The van der Waals surface area contributed by atoms with E-state index in [0.717, 1.165) is 11.4 Å². The van der Waals surface area contributed by atoms with Crippen LogP contribution in [0.2, 0.25) is 0 Å². The van der Waals surface area contributed by atoms with Crippen molar-refractivity contribution in [3.05, 3.63) is 51.8 Å². The topological polar surface area (TPSA) is 60.1 Å². The highest BCUT2D eigenvalue weighted by atomic mass is 32.2. The number of nitrogens with zero attached hydrogens (tertiary/aromatic N) is 4. The number of hydrogen-bond acceptors (Lipinski definition) is 6. The SMILES string of the molecule is Cc1c(-c2csc(N3C(=O)CSC3=S)n2)c(=O)n(-c2ccccc2)n1C. The summed E-state index contributed by atoms with van der Waals surface area (Å²) < 4.78 is 3.93. The number of anilines is 1. The average molecular weight is 403 g/mol. The maximum absolute atomic E-state index is 13.1. The first kappa shape index (κ1) is 17.2. The van der Waals surface area contributed by atoms with Gasteiger partial charge in [0, 0.05) is 18.1 Å². The number of para-hydroxylation sites is 1. The molecule has 1 saturated heterocycles. The fraction of sp³-hybridized carbons (Fsp3) is 0.176. The molecule has 3 aromatic rings. The Hall–Kier alpha value is -2.23. The molecule has 1 aromatic carbocycles. The molecule has 6 nitrogen and oxygen atoms in total. The van der Waals surface area contributed by atoms with E-state index in [1.165, 1.54) is 28.0 Å². The van der Waals surface area contributed by atoms with Crippen LogP contribution in [0.15, 0.2) is 40.5 Å². The second-order valence-corrected chi connectivity index (χ2v) is 8.18. The summed E-state index contributed by atoms with van der Waals surface area (Å²) in [7, 11) is 1.84. The summed E-state index contributed by atoms with van der Waals surface area (Å²) in [6, 6.07) is 9.46. The van der Waals surface area contributed by atoms with Crippen molar-refractivity contribution in [2.24, 2.45) is 7.05 Å². The Morgan fingerprint density at radius 1 is 1.19 bits per heavy atom. The lowest BCUT2D eigenvalue weighted by molar-refractivity contribution is -0.115. The van der Waals surface area contributed by atoms with E-state index in [1.807, 2.05) is 49.0 Å². The molecule has 1 fully saturated rings. The maximum Gasteiger partial charge on any atom is 0.281 e. The quantitative estimate of drug-likeness (QED) is 0.631. The molecule has 0 atom stereocenters. The number of thiazole rings is 1. The molecule has 1 aliphatic heterocycles. The maximum atomic E-state index is 13.1. The fourth-order valence-corrected chi connectivity index (χ4v) is 4.90. The zero-order valence-corrected chi connectivity index (χ0v) is 16.5. The van der Waals surface area contributed by atoms with Crippen molar-refractivity contribution in [3.63, 3.8) is 0 Å². The summed E-state index contributed by atoms with van der Waals surface area (Å²) in [4.78, 5) is 31.1. The van der Waals surface area contributed by atoms with Crippen LogP contribution in [0.1, 0.15) is 5.69 Å². The smallest absolute Gasteiger partial charge is 0.281 e. The molecule has 4 rings (SSSR count). The number of aromatic nitrogens is 3. The first-order valence-electron chi connectivity index (χ1n) is 7.78. The summed E-state index contributed by atoms with van der Waals surface area (Å²) >= 11 is 7.87. The molecule has 0 saturated carbocycles. The molecule has 0 N–H and O–H groups in total. The number of hydrogen-bond donors (Lipinski definition) is 0. The molecule has 1 amide bonds. The van der Waals surface area contributed by atoms with E-state index in [4.69, 9.17) is 12.2 Å². The lowest BCUT2D eigenvalue weighted by atomic mass is 10.2. The van der Waals surface area contributed by atoms with Gasteiger partial charge in [-0.05, 0) is 19.1 Å². The van der Waals surface area contributed by atoms with Crippen LogP contribution >= 0.6 is 35.3 Å². The van der Waals surface area contributed by atoms with Gasteiger partial charge >= 0.3 is 0 Å². The van der Waals surface area contributed by atoms with Crippen LogP contribution in [0, 0.1) is 6.92 Å². The zero-order chi connectivity index (χ0) is 18.4. The molecule has 0 radical (unpaired) electrons. The van der Waals surface area contributed by atoms with Gasteiger partial charge in [-0.15, -0.1) is 11.3 Å². The van der Waals surface area contributed by atoms with Crippen LogP contribution in [0.3, 0.4) is 0 Å². The number of amides is 1. The Morgan fingerprint density at radius 2 is 1.92 bits per heavy atom. The monoisotopic (exact) mass is 402 g/mol. The van der Waals surface area contributed by atoms with Crippen molar-refractivity contribution in [3.8, 4) is 16.9 Å². The second kappa shape index (κ2) is 6.49. The highest BCUT2D eigenvalue weighted by molar-refractivity contribution is 8.24. The number of thioether (sulfide) groups is 1. The third-order valence-electron chi connectivity index (χ3n) is 4.24. The standard InChI is InChI=1S/C17H14N4O2S3/c1-10-14(15(23)21(19(10)2)11-6-4-3-5-7-11)12-8-25-16(18-12)20-13(22)9-26-17(20)24/h3-8H,9H2,1-2H3. The molecule has 0 bridgehead atoms. The number of carbonyl (C=O) groups excluding carboxylic acids is 1. The van der Waals surface area contributed by atoms with Crippen LogP contribution in [-0.4, -0.2) is 30.3 Å². The Kier molecular flexibility index (Phi) is 4.29. The van der Waals surface area contributed by atoms with Gasteiger partial charge in [-0.3, -0.25) is 14.3 Å². The molecule has 9 heteroatoms. The minimum atomic E-state index is -0.141. The van der Waals surface area contributed by atoms with Gasteiger partial charge < -0.3 is 0 Å². The number of rotatable bonds is 3. The molecule has 0 unspecified atom stereocenters. The molecule has 26 heavy (non-hydrogen) atoms. The van der Waals surface area contributed by atoms with Gasteiger partial charge in [-0.2, -0.15) is 0 Å². The Labute approximate surface area is 163 Å². The molecule has 0 aliphatic carbocycles. The van der Waals surface area contributed by atoms with E-state index in [0.29, 0.717) is 26.5 Å². The van der Waals surface area contributed by atoms with E-state index in [2.05, 4.69) is 4.98 Å². The molecule has 1 aliphatic rings. The van der Waals surface area contributed by atoms with Crippen molar-refractivity contribution in [1.82, 2.24) is 14.3 Å².